The van der Waals surface area contributed by atoms with Gasteiger partial charge in [0.15, 0.2) is 0 Å². The molecule has 0 unspecified atom stereocenters. The first-order valence-electron chi connectivity index (χ1n) is 6.33. The molecule has 19 heavy (non-hydrogen) atoms. The molecule has 4 nitrogen and oxygen atoms in total. The van der Waals surface area contributed by atoms with Gasteiger partial charge >= 0.3 is 0 Å². The van der Waals surface area contributed by atoms with Gasteiger partial charge in [-0.05, 0) is 51.5 Å². The van der Waals surface area contributed by atoms with E-state index >= 15 is 0 Å². The zero-order valence-corrected chi connectivity index (χ0v) is 12.2. The van der Waals surface area contributed by atoms with Crippen LogP contribution < -0.4 is 10.5 Å². The number of nitrogens with zero attached hydrogens (tertiary/aromatic N) is 2. The Labute approximate surface area is 114 Å². The fourth-order valence-corrected chi connectivity index (χ4v) is 2.14. The molecule has 0 atom stereocenters. The average molecular weight is 259 g/mol. The third-order valence-corrected chi connectivity index (χ3v) is 3.20. The Kier molecular flexibility index (Phi) is 3.27. The third kappa shape index (κ3) is 2.43. The van der Waals surface area contributed by atoms with Crippen LogP contribution in [0, 0.1) is 6.92 Å². The maximum Gasteiger partial charge on any atom is 0.132 e. The van der Waals surface area contributed by atoms with E-state index in [1.165, 1.54) is 0 Å². The van der Waals surface area contributed by atoms with Crippen LogP contribution in [-0.4, -0.2) is 16.7 Å². The van der Waals surface area contributed by atoms with Gasteiger partial charge in [0.1, 0.15) is 17.3 Å². The van der Waals surface area contributed by atoms with Crippen molar-refractivity contribution in [2.45, 2.75) is 33.2 Å². The minimum Gasteiger partial charge on any atom is -0.496 e. The molecule has 102 valence electrons. The molecule has 0 saturated carbocycles. The van der Waals surface area contributed by atoms with E-state index in [0.717, 1.165) is 22.6 Å². The van der Waals surface area contributed by atoms with E-state index in [2.05, 4.69) is 25.8 Å². The summed E-state index contributed by atoms with van der Waals surface area (Å²) in [6.07, 6.45) is 1.80. The third-order valence-electron chi connectivity index (χ3n) is 3.20. The molecule has 0 aliphatic rings. The first kappa shape index (κ1) is 13.5. The average Bonchev–Trinajstić information content (AvgIpc) is 2.70. The predicted molar refractivity (Wildman–Crippen MR) is 78.4 cm³/mol. The Bertz CT molecular complexity index is 594. The van der Waals surface area contributed by atoms with E-state index in [4.69, 9.17) is 10.5 Å². The number of nitrogen functional groups attached to an aromatic ring is 1. The molecule has 2 rings (SSSR count). The fourth-order valence-electron chi connectivity index (χ4n) is 2.14. The largest absolute Gasteiger partial charge is 0.496 e. The van der Waals surface area contributed by atoms with Gasteiger partial charge in [-0.2, -0.15) is 0 Å². The number of methoxy groups -OCH3 is 1. The summed E-state index contributed by atoms with van der Waals surface area (Å²) in [5.41, 5.74) is 9.05. The number of hydrogen-bond donors (Lipinski definition) is 1. The highest BCUT2D eigenvalue weighted by Crippen LogP contribution is 2.31. The van der Waals surface area contributed by atoms with Crippen molar-refractivity contribution >= 4 is 5.82 Å². The minimum absolute atomic E-state index is 0.0726. The van der Waals surface area contributed by atoms with Gasteiger partial charge in [-0.3, -0.25) is 0 Å². The number of anilines is 1. The van der Waals surface area contributed by atoms with Crippen molar-refractivity contribution in [3.63, 3.8) is 0 Å². The summed E-state index contributed by atoms with van der Waals surface area (Å²) in [6.45, 7) is 8.33. The molecule has 0 bridgehead atoms. The molecule has 1 aromatic carbocycles. The quantitative estimate of drug-likeness (QED) is 0.901. The number of aromatic nitrogens is 2. The van der Waals surface area contributed by atoms with Gasteiger partial charge in [-0.1, -0.05) is 0 Å². The van der Waals surface area contributed by atoms with E-state index in [1.807, 2.05) is 29.7 Å². The van der Waals surface area contributed by atoms with Gasteiger partial charge < -0.3 is 15.0 Å². The van der Waals surface area contributed by atoms with Gasteiger partial charge in [0, 0.05) is 11.1 Å². The van der Waals surface area contributed by atoms with Gasteiger partial charge in [0.2, 0.25) is 0 Å². The van der Waals surface area contributed by atoms with Crippen LogP contribution >= 0.6 is 0 Å². The van der Waals surface area contributed by atoms with Crippen LogP contribution in [-0.2, 0) is 5.54 Å². The summed E-state index contributed by atoms with van der Waals surface area (Å²) in [4.78, 5) is 4.45. The summed E-state index contributed by atoms with van der Waals surface area (Å²) < 4.78 is 7.26. The van der Waals surface area contributed by atoms with Crippen LogP contribution in [0.15, 0.2) is 24.5 Å². The zero-order chi connectivity index (χ0) is 14.2. The molecule has 4 heteroatoms. The first-order chi connectivity index (χ1) is 8.84. The number of rotatable bonds is 2. The Morgan fingerprint density at radius 2 is 1.95 bits per heavy atom. The predicted octanol–water partition coefficient (Wildman–Crippen LogP) is 3.20. The van der Waals surface area contributed by atoms with Crippen molar-refractivity contribution < 1.29 is 4.74 Å². The molecule has 0 spiro atoms. The monoisotopic (exact) mass is 259 g/mol. The molecule has 0 aliphatic carbocycles. The zero-order valence-electron chi connectivity index (χ0n) is 12.2. The number of nitrogens with two attached hydrogens (primary N) is 1. The second-order valence-electron chi connectivity index (χ2n) is 5.70. The first-order valence-corrected chi connectivity index (χ1v) is 6.33. The second kappa shape index (κ2) is 4.61. The maximum absolute atomic E-state index is 6.21. The maximum atomic E-state index is 6.21. The number of benzene rings is 1. The lowest BCUT2D eigenvalue weighted by molar-refractivity contribution is 0.402. The molecule has 0 radical (unpaired) electrons. The molecular formula is C15H21N3O. The summed E-state index contributed by atoms with van der Waals surface area (Å²) in [5, 5.41) is 0. The van der Waals surface area contributed by atoms with Crippen LogP contribution in [0.1, 0.15) is 26.3 Å². The van der Waals surface area contributed by atoms with Crippen LogP contribution in [0.3, 0.4) is 0 Å². The van der Waals surface area contributed by atoms with Crippen molar-refractivity contribution in [3.8, 4) is 17.0 Å². The second-order valence-corrected chi connectivity index (χ2v) is 5.70. The van der Waals surface area contributed by atoms with Crippen molar-refractivity contribution in [2.24, 2.45) is 0 Å². The van der Waals surface area contributed by atoms with Gasteiger partial charge in [0.25, 0.3) is 0 Å². The highest BCUT2D eigenvalue weighted by atomic mass is 16.5. The van der Waals surface area contributed by atoms with Crippen molar-refractivity contribution in [1.29, 1.82) is 0 Å². The standard InChI is InChI=1S/C15H21N3O/c1-10-8-11(6-7-12(10)19-5)13-14(16)18(9-17-13)15(2,3)4/h6-9H,16H2,1-5H3. The number of ether oxygens (including phenoxy) is 1. The fraction of sp³-hybridized carbons (Fsp3) is 0.400. The molecule has 2 N–H and O–H groups in total. The number of hydrogen-bond acceptors (Lipinski definition) is 3. The van der Waals surface area contributed by atoms with Crippen LogP contribution in [0.5, 0.6) is 5.75 Å². The topological polar surface area (TPSA) is 53.1 Å². The summed E-state index contributed by atoms with van der Waals surface area (Å²) in [6, 6.07) is 5.97. The number of aryl methyl sites for hydroxylation is 1. The van der Waals surface area contributed by atoms with Crippen molar-refractivity contribution in [1.82, 2.24) is 9.55 Å². The summed E-state index contributed by atoms with van der Waals surface area (Å²) >= 11 is 0. The Hall–Kier alpha value is -1.97. The molecule has 0 amide bonds. The van der Waals surface area contributed by atoms with Gasteiger partial charge in [0.05, 0.1) is 13.4 Å². The van der Waals surface area contributed by atoms with E-state index in [9.17, 15) is 0 Å². The highest BCUT2D eigenvalue weighted by Gasteiger charge is 2.19. The Morgan fingerprint density at radius 1 is 1.26 bits per heavy atom. The highest BCUT2D eigenvalue weighted by molar-refractivity contribution is 5.72. The Balaban J connectivity index is 2.49. The number of imidazole rings is 1. The van der Waals surface area contributed by atoms with Gasteiger partial charge in [-0.15, -0.1) is 0 Å². The van der Waals surface area contributed by atoms with Crippen molar-refractivity contribution in [2.75, 3.05) is 12.8 Å². The SMILES string of the molecule is COc1ccc(-c2ncn(C(C)(C)C)c2N)cc1C. The van der Waals surface area contributed by atoms with Crippen LogP contribution in [0.4, 0.5) is 5.82 Å². The molecular weight excluding hydrogens is 238 g/mol. The lowest BCUT2D eigenvalue weighted by Gasteiger charge is -2.22. The molecule has 2 aromatic rings. The summed E-state index contributed by atoms with van der Waals surface area (Å²) in [7, 11) is 1.67. The smallest absolute Gasteiger partial charge is 0.132 e. The van der Waals surface area contributed by atoms with Gasteiger partial charge in [-0.25, -0.2) is 4.98 Å². The van der Waals surface area contributed by atoms with Crippen molar-refractivity contribution in [3.05, 3.63) is 30.1 Å². The minimum atomic E-state index is -0.0726. The lowest BCUT2D eigenvalue weighted by atomic mass is 10.1. The van der Waals surface area contributed by atoms with Crippen LogP contribution in [0.2, 0.25) is 0 Å². The van der Waals surface area contributed by atoms with E-state index in [-0.39, 0.29) is 5.54 Å². The molecule has 1 aromatic heterocycles. The molecule has 0 fully saturated rings. The Morgan fingerprint density at radius 3 is 2.42 bits per heavy atom. The lowest BCUT2D eigenvalue weighted by Crippen LogP contribution is -2.22. The van der Waals surface area contributed by atoms with E-state index in [1.54, 1.807) is 13.4 Å². The molecule has 1 heterocycles. The van der Waals surface area contributed by atoms with E-state index < -0.39 is 0 Å². The molecule has 0 aliphatic heterocycles. The molecule has 0 saturated heterocycles. The normalized spacial score (nSPS) is 11.6. The van der Waals surface area contributed by atoms with E-state index in [0.29, 0.717) is 5.82 Å². The van der Waals surface area contributed by atoms with Crippen LogP contribution in [0.25, 0.3) is 11.3 Å². The summed E-state index contributed by atoms with van der Waals surface area (Å²) in [5.74, 6) is 1.56.